The number of ether oxygens (including phenoxy) is 1. The highest BCUT2D eigenvalue weighted by Gasteiger charge is 2.20. The zero-order valence-corrected chi connectivity index (χ0v) is 17.4. The standard InChI is InChI=1S/C25H24N4O2/c1-18-7-2-5-12-23(18)31-17-25(30)26-19-8-6-9-20(15-19)28-13-14-29-22-11-4-3-10-21(22)27-24(29)16-28/h2-12,15H,13-14,16-17H2,1H3,(H,26,30). The van der Waals surface area contributed by atoms with Crippen molar-refractivity contribution in [2.75, 3.05) is 23.4 Å². The Balaban J connectivity index is 1.26. The van der Waals surface area contributed by atoms with Crippen molar-refractivity contribution >= 4 is 28.3 Å². The summed E-state index contributed by atoms with van der Waals surface area (Å²) in [6, 6.07) is 23.9. The molecule has 0 fully saturated rings. The van der Waals surface area contributed by atoms with E-state index < -0.39 is 0 Å². The van der Waals surface area contributed by atoms with Gasteiger partial charge in [-0.3, -0.25) is 4.79 Å². The van der Waals surface area contributed by atoms with Crippen molar-refractivity contribution in [3.05, 3.63) is 84.2 Å². The van der Waals surface area contributed by atoms with E-state index in [0.29, 0.717) is 0 Å². The van der Waals surface area contributed by atoms with Gasteiger partial charge in [-0.2, -0.15) is 0 Å². The number of hydrogen-bond donors (Lipinski definition) is 1. The topological polar surface area (TPSA) is 59.4 Å². The van der Waals surface area contributed by atoms with Gasteiger partial charge < -0.3 is 19.5 Å². The van der Waals surface area contributed by atoms with Gasteiger partial charge in [0.25, 0.3) is 5.91 Å². The highest BCUT2D eigenvalue weighted by molar-refractivity contribution is 5.92. The van der Waals surface area contributed by atoms with Crippen LogP contribution in [0.15, 0.2) is 72.8 Å². The number of hydrogen-bond acceptors (Lipinski definition) is 4. The van der Waals surface area contributed by atoms with Crippen LogP contribution in [0.4, 0.5) is 11.4 Å². The number of carbonyl (C=O) groups excluding carboxylic acids is 1. The minimum atomic E-state index is -0.180. The number of rotatable bonds is 5. The van der Waals surface area contributed by atoms with Crippen LogP contribution in [0.25, 0.3) is 11.0 Å². The van der Waals surface area contributed by atoms with E-state index in [1.807, 2.05) is 55.5 Å². The molecule has 31 heavy (non-hydrogen) atoms. The molecule has 1 aliphatic heterocycles. The van der Waals surface area contributed by atoms with Gasteiger partial charge in [0.05, 0.1) is 17.6 Å². The lowest BCUT2D eigenvalue weighted by Crippen LogP contribution is -2.33. The Labute approximate surface area is 181 Å². The lowest BCUT2D eigenvalue weighted by atomic mass is 10.2. The predicted octanol–water partition coefficient (Wildman–Crippen LogP) is 4.38. The largest absolute Gasteiger partial charge is 0.483 e. The van der Waals surface area contributed by atoms with E-state index in [9.17, 15) is 4.79 Å². The molecule has 2 heterocycles. The summed E-state index contributed by atoms with van der Waals surface area (Å²) in [5, 5.41) is 2.94. The second-order valence-electron chi connectivity index (χ2n) is 7.74. The normalized spacial score (nSPS) is 13.1. The molecule has 0 radical (unpaired) electrons. The van der Waals surface area contributed by atoms with E-state index in [1.165, 1.54) is 5.52 Å². The first-order valence-corrected chi connectivity index (χ1v) is 10.4. The maximum absolute atomic E-state index is 12.4. The predicted molar refractivity (Wildman–Crippen MR) is 123 cm³/mol. The van der Waals surface area contributed by atoms with Crippen LogP contribution < -0.4 is 15.0 Å². The van der Waals surface area contributed by atoms with Crippen molar-refractivity contribution in [3.8, 4) is 5.75 Å². The second-order valence-corrected chi connectivity index (χ2v) is 7.74. The quantitative estimate of drug-likeness (QED) is 0.528. The fourth-order valence-corrected chi connectivity index (χ4v) is 4.03. The minimum Gasteiger partial charge on any atom is -0.483 e. The third-order valence-corrected chi connectivity index (χ3v) is 5.61. The second kappa shape index (κ2) is 8.14. The number of carbonyl (C=O) groups is 1. The molecule has 0 unspecified atom stereocenters. The van der Waals surface area contributed by atoms with Crippen LogP contribution in [-0.4, -0.2) is 28.6 Å². The minimum absolute atomic E-state index is 0.0250. The summed E-state index contributed by atoms with van der Waals surface area (Å²) < 4.78 is 7.94. The summed E-state index contributed by atoms with van der Waals surface area (Å²) in [5.74, 6) is 1.61. The lowest BCUT2D eigenvalue weighted by Gasteiger charge is -2.30. The fourth-order valence-electron chi connectivity index (χ4n) is 4.03. The average molecular weight is 412 g/mol. The number of aryl methyl sites for hydroxylation is 1. The molecule has 1 aromatic heterocycles. The van der Waals surface area contributed by atoms with Crippen molar-refractivity contribution in [2.45, 2.75) is 20.0 Å². The molecule has 1 N–H and O–H groups in total. The number of benzene rings is 3. The highest BCUT2D eigenvalue weighted by Crippen LogP contribution is 2.26. The van der Waals surface area contributed by atoms with Crippen LogP contribution in [0.3, 0.4) is 0 Å². The summed E-state index contributed by atoms with van der Waals surface area (Å²) in [6.07, 6.45) is 0. The number of imidazole rings is 1. The maximum atomic E-state index is 12.4. The van der Waals surface area contributed by atoms with Gasteiger partial charge in [-0.15, -0.1) is 0 Å². The van der Waals surface area contributed by atoms with E-state index in [-0.39, 0.29) is 12.5 Å². The summed E-state index contributed by atoms with van der Waals surface area (Å²) in [7, 11) is 0. The summed E-state index contributed by atoms with van der Waals surface area (Å²) >= 11 is 0. The first-order valence-electron chi connectivity index (χ1n) is 10.4. The summed E-state index contributed by atoms with van der Waals surface area (Å²) in [5.41, 5.74) is 5.06. The molecule has 156 valence electrons. The van der Waals surface area contributed by atoms with Crippen LogP contribution in [0, 0.1) is 6.92 Å². The monoisotopic (exact) mass is 412 g/mol. The van der Waals surface area contributed by atoms with Gasteiger partial charge in [0.15, 0.2) is 6.61 Å². The SMILES string of the molecule is Cc1ccccc1OCC(=O)Nc1cccc(N2CCn3c(nc4ccccc43)C2)c1. The van der Waals surface area contributed by atoms with Crippen molar-refractivity contribution < 1.29 is 9.53 Å². The molecule has 0 bridgehead atoms. The smallest absolute Gasteiger partial charge is 0.262 e. The van der Waals surface area contributed by atoms with Crippen molar-refractivity contribution in [3.63, 3.8) is 0 Å². The van der Waals surface area contributed by atoms with Crippen molar-refractivity contribution in [2.24, 2.45) is 0 Å². The van der Waals surface area contributed by atoms with Crippen LogP contribution in [0.1, 0.15) is 11.4 Å². The zero-order valence-electron chi connectivity index (χ0n) is 17.4. The number of fused-ring (bicyclic) bond motifs is 3. The van der Waals surface area contributed by atoms with Crippen molar-refractivity contribution in [1.82, 2.24) is 9.55 Å². The van der Waals surface area contributed by atoms with Gasteiger partial charge in [0, 0.05) is 24.5 Å². The number of para-hydroxylation sites is 3. The Morgan fingerprint density at radius 3 is 2.77 bits per heavy atom. The zero-order chi connectivity index (χ0) is 21.2. The third-order valence-electron chi connectivity index (χ3n) is 5.61. The molecule has 3 aromatic carbocycles. The Morgan fingerprint density at radius 2 is 1.87 bits per heavy atom. The number of amides is 1. The summed E-state index contributed by atoms with van der Waals surface area (Å²) in [6.45, 7) is 4.45. The van der Waals surface area contributed by atoms with Gasteiger partial charge in [0.2, 0.25) is 0 Å². The van der Waals surface area contributed by atoms with Gasteiger partial charge in [-0.1, -0.05) is 36.4 Å². The molecule has 5 rings (SSSR count). The number of anilines is 2. The highest BCUT2D eigenvalue weighted by atomic mass is 16.5. The molecule has 0 atom stereocenters. The Bertz CT molecular complexity index is 1250. The number of aromatic nitrogens is 2. The molecule has 1 amide bonds. The molecule has 6 nitrogen and oxygen atoms in total. The van der Waals surface area contributed by atoms with Crippen LogP contribution in [-0.2, 0) is 17.9 Å². The van der Waals surface area contributed by atoms with Gasteiger partial charge in [-0.05, 0) is 48.9 Å². The Hall–Kier alpha value is -3.80. The maximum Gasteiger partial charge on any atom is 0.262 e. The van der Waals surface area contributed by atoms with Gasteiger partial charge in [0.1, 0.15) is 11.6 Å². The first-order chi connectivity index (χ1) is 15.2. The number of nitrogens with one attached hydrogen (secondary N) is 1. The van der Waals surface area contributed by atoms with Crippen molar-refractivity contribution in [1.29, 1.82) is 0 Å². The van der Waals surface area contributed by atoms with Gasteiger partial charge in [-0.25, -0.2) is 4.98 Å². The first kappa shape index (κ1) is 19.2. The van der Waals surface area contributed by atoms with E-state index >= 15 is 0 Å². The Kier molecular flexibility index (Phi) is 5.04. The van der Waals surface area contributed by atoms with E-state index in [1.54, 1.807) is 0 Å². The molecular weight excluding hydrogens is 388 g/mol. The molecule has 1 aliphatic rings. The molecule has 0 saturated carbocycles. The van der Waals surface area contributed by atoms with E-state index in [4.69, 9.17) is 9.72 Å². The molecule has 0 aliphatic carbocycles. The summed E-state index contributed by atoms with van der Waals surface area (Å²) in [4.78, 5) is 19.5. The molecular formula is C25H24N4O2. The van der Waals surface area contributed by atoms with Crippen LogP contribution in [0.5, 0.6) is 5.75 Å². The van der Waals surface area contributed by atoms with E-state index in [2.05, 4.69) is 39.0 Å². The average Bonchev–Trinajstić information content (AvgIpc) is 3.16. The van der Waals surface area contributed by atoms with E-state index in [0.717, 1.165) is 53.7 Å². The van der Waals surface area contributed by atoms with Crippen LogP contribution >= 0.6 is 0 Å². The molecule has 0 saturated heterocycles. The molecule has 0 spiro atoms. The molecule has 6 heteroatoms. The lowest BCUT2D eigenvalue weighted by molar-refractivity contribution is -0.118. The third kappa shape index (κ3) is 3.97. The van der Waals surface area contributed by atoms with Gasteiger partial charge >= 0.3 is 0 Å². The molecule has 4 aromatic rings. The Morgan fingerprint density at radius 1 is 1.03 bits per heavy atom. The fraction of sp³-hybridized carbons (Fsp3) is 0.200. The van der Waals surface area contributed by atoms with Crippen LogP contribution in [0.2, 0.25) is 0 Å². The number of nitrogens with zero attached hydrogens (tertiary/aromatic N) is 3.